The fourth-order valence-corrected chi connectivity index (χ4v) is 2.15. The molecule has 5 heteroatoms. The molecule has 0 saturated carbocycles. The molecule has 2 N–H and O–H groups in total. The molecule has 0 spiro atoms. The van der Waals surface area contributed by atoms with Crippen LogP contribution in [0.2, 0.25) is 0 Å². The first kappa shape index (κ1) is 17.4. The molecule has 2 aromatic rings. The number of carbonyl (C=O) groups excluding carboxylic acids is 3. The zero-order chi connectivity index (χ0) is 17.2. The SMILES string of the molecule is O=C(CCC(=O)c1ccccc1)NCCNC(=O)c1ccccc1. The van der Waals surface area contributed by atoms with Crippen LogP contribution in [-0.4, -0.2) is 30.7 Å². The molecule has 0 bridgehead atoms. The summed E-state index contributed by atoms with van der Waals surface area (Å²) >= 11 is 0. The zero-order valence-electron chi connectivity index (χ0n) is 13.3. The lowest BCUT2D eigenvalue weighted by atomic mass is 10.1. The van der Waals surface area contributed by atoms with E-state index in [0.717, 1.165) is 0 Å². The molecular formula is C19H20N2O3. The van der Waals surface area contributed by atoms with E-state index in [4.69, 9.17) is 0 Å². The van der Waals surface area contributed by atoms with E-state index in [9.17, 15) is 14.4 Å². The summed E-state index contributed by atoms with van der Waals surface area (Å²) in [5.41, 5.74) is 1.19. The fourth-order valence-electron chi connectivity index (χ4n) is 2.15. The van der Waals surface area contributed by atoms with Gasteiger partial charge in [0.05, 0.1) is 0 Å². The molecule has 0 saturated heterocycles. The average Bonchev–Trinajstić information content (AvgIpc) is 2.64. The maximum absolute atomic E-state index is 11.9. The Morgan fingerprint density at radius 3 is 1.83 bits per heavy atom. The molecule has 0 aliphatic rings. The summed E-state index contributed by atoms with van der Waals surface area (Å²) in [5, 5.41) is 5.41. The summed E-state index contributed by atoms with van der Waals surface area (Å²) in [6.07, 6.45) is 0.312. The number of hydrogen-bond acceptors (Lipinski definition) is 3. The predicted octanol–water partition coefficient (Wildman–Crippen LogP) is 2.20. The Bertz CT molecular complexity index is 684. The fraction of sp³-hybridized carbons (Fsp3) is 0.211. The number of ketones is 1. The van der Waals surface area contributed by atoms with Gasteiger partial charge >= 0.3 is 0 Å². The molecule has 2 rings (SSSR count). The lowest BCUT2D eigenvalue weighted by molar-refractivity contribution is -0.121. The van der Waals surface area contributed by atoms with Gasteiger partial charge in [-0.05, 0) is 12.1 Å². The van der Waals surface area contributed by atoms with Gasteiger partial charge in [0.15, 0.2) is 5.78 Å². The summed E-state index contributed by atoms with van der Waals surface area (Å²) in [6.45, 7) is 0.670. The lowest BCUT2D eigenvalue weighted by Gasteiger charge is -2.07. The van der Waals surface area contributed by atoms with Crippen molar-refractivity contribution in [2.24, 2.45) is 0 Å². The molecule has 0 atom stereocenters. The van der Waals surface area contributed by atoms with Crippen molar-refractivity contribution in [3.05, 3.63) is 71.8 Å². The summed E-state index contributed by atoms with van der Waals surface area (Å²) < 4.78 is 0. The summed E-state index contributed by atoms with van der Waals surface area (Å²) in [4.78, 5) is 35.4. The molecule has 0 aliphatic carbocycles. The Morgan fingerprint density at radius 1 is 0.667 bits per heavy atom. The van der Waals surface area contributed by atoms with E-state index >= 15 is 0 Å². The van der Waals surface area contributed by atoms with E-state index in [-0.39, 0.29) is 30.4 Å². The van der Waals surface area contributed by atoms with E-state index in [2.05, 4.69) is 10.6 Å². The summed E-state index contributed by atoms with van der Waals surface area (Å²) in [5.74, 6) is -0.430. The monoisotopic (exact) mass is 324 g/mol. The first-order valence-corrected chi connectivity index (χ1v) is 7.85. The highest BCUT2D eigenvalue weighted by Gasteiger charge is 2.09. The van der Waals surface area contributed by atoms with Crippen molar-refractivity contribution in [3.8, 4) is 0 Å². The predicted molar refractivity (Wildman–Crippen MR) is 91.8 cm³/mol. The molecular weight excluding hydrogens is 304 g/mol. The van der Waals surface area contributed by atoms with Gasteiger partial charge in [0, 0.05) is 37.1 Å². The normalized spacial score (nSPS) is 10.0. The Morgan fingerprint density at radius 2 is 1.21 bits per heavy atom. The van der Waals surface area contributed by atoms with Gasteiger partial charge in [-0.15, -0.1) is 0 Å². The van der Waals surface area contributed by atoms with Crippen molar-refractivity contribution in [1.29, 1.82) is 0 Å². The number of Topliss-reactive ketones (excluding diaryl/α,β-unsaturated/α-hetero) is 1. The van der Waals surface area contributed by atoms with Crippen molar-refractivity contribution < 1.29 is 14.4 Å². The Kier molecular flexibility index (Phi) is 6.71. The van der Waals surface area contributed by atoms with Gasteiger partial charge in [0.2, 0.25) is 5.91 Å². The van der Waals surface area contributed by atoms with Crippen LogP contribution >= 0.6 is 0 Å². The minimum Gasteiger partial charge on any atom is -0.354 e. The minimum absolute atomic E-state index is 0.0527. The van der Waals surface area contributed by atoms with Gasteiger partial charge in [-0.2, -0.15) is 0 Å². The molecule has 5 nitrogen and oxygen atoms in total. The topological polar surface area (TPSA) is 75.3 Å². The highest BCUT2D eigenvalue weighted by molar-refractivity contribution is 5.98. The molecule has 0 aliphatic heterocycles. The van der Waals surface area contributed by atoms with E-state index in [1.165, 1.54) is 0 Å². The van der Waals surface area contributed by atoms with Gasteiger partial charge in [-0.25, -0.2) is 0 Å². The highest BCUT2D eigenvalue weighted by Crippen LogP contribution is 2.04. The van der Waals surface area contributed by atoms with Crippen LogP contribution in [0.5, 0.6) is 0 Å². The number of rotatable bonds is 8. The van der Waals surface area contributed by atoms with Crippen LogP contribution in [0.4, 0.5) is 0 Å². The third kappa shape index (κ3) is 5.68. The third-order valence-electron chi connectivity index (χ3n) is 3.44. The maximum atomic E-state index is 11.9. The van der Waals surface area contributed by atoms with Crippen LogP contribution in [0.25, 0.3) is 0 Å². The van der Waals surface area contributed by atoms with Crippen molar-refractivity contribution in [3.63, 3.8) is 0 Å². The Hall–Kier alpha value is -2.95. The molecule has 124 valence electrons. The highest BCUT2D eigenvalue weighted by atomic mass is 16.2. The average molecular weight is 324 g/mol. The van der Waals surface area contributed by atoms with Crippen LogP contribution < -0.4 is 10.6 Å². The van der Waals surface area contributed by atoms with Crippen molar-refractivity contribution in [2.45, 2.75) is 12.8 Å². The number of nitrogens with one attached hydrogen (secondary N) is 2. The molecule has 24 heavy (non-hydrogen) atoms. The van der Waals surface area contributed by atoms with E-state index in [0.29, 0.717) is 24.2 Å². The Labute approximate surface area is 141 Å². The molecule has 0 aromatic heterocycles. The molecule has 0 fully saturated rings. The summed E-state index contributed by atoms with van der Waals surface area (Å²) in [6, 6.07) is 17.8. The lowest BCUT2D eigenvalue weighted by Crippen LogP contribution is -2.34. The second kappa shape index (κ2) is 9.25. The first-order chi connectivity index (χ1) is 11.7. The van der Waals surface area contributed by atoms with Crippen molar-refractivity contribution in [2.75, 3.05) is 13.1 Å². The molecule has 2 aromatic carbocycles. The number of amides is 2. The van der Waals surface area contributed by atoms with E-state index in [1.54, 1.807) is 48.5 Å². The van der Waals surface area contributed by atoms with Crippen LogP contribution in [0.1, 0.15) is 33.6 Å². The second-order valence-electron chi connectivity index (χ2n) is 5.26. The van der Waals surface area contributed by atoms with Crippen LogP contribution in [0.15, 0.2) is 60.7 Å². The molecule has 0 heterocycles. The van der Waals surface area contributed by atoms with Gasteiger partial charge in [-0.1, -0.05) is 48.5 Å². The third-order valence-corrected chi connectivity index (χ3v) is 3.44. The van der Waals surface area contributed by atoms with Crippen molar-refractivity contribution in [1.82, 2.24) is 10.6 Å². The number of hydrogen-bond donors (Lipinski definition) is 2. The van der Waals surface area contributed by atoms with Crippen LogP contribution in [0, 0.1) is 0 Å². The summed E-state index contributed by atoms with van der Waals surface area (Å²) in [7, 11) is 0. The van der Waals surface area contributed by atoms with Gasteiger partial charge < -0.3 is 10.6 Å². The van der Waals surface area contributed by atoms with Gasteiger partial charge in [-0.3, -0.25) is 14.4 Å². The first-order valence-electron chi connectivity index (χ1n) is 7.85. The molecule has 0 radical (unpaired) electrons. The smallest absolute Gasteiger partial charge is 0.251 e. The van der Waals surface area contributed by atoms with Gasteiger partial charge in [0.1, 0.15) is 0 Å². The molecule has 2 amide bonds. The van der Waals surface area contributed by atoms with E-state index in [1.807, 2.05) is 12.1 Å². The van der Waals surface area contributed by atoms with Crippen LogP contribution in [0.3, 0.4) is 0 Å². The van der Waals surface area contributed by atoms with Crippen LogP contribution in [-0.2, 0) is 4.79 Å². The van der Waals surface area contributed by atoms with E-state index < -0.39 is 0 Å². The second-order valence-corrected chi connectivity index (χ2v) is 5.26. The zero-order valence-corrected chi connectivity index (χ0v) is 13.3. The Balaban J connectivity index is 1.62. The molecule has 0 unspecified atom stereocenters. The van der Waals surface area contributed by atoms with Gasteiger partial charge in [0.25, 0.3) is 5.91 Å². The number of benzene rings is 2. The quantitative estimate of drug-likeness (QED) is 0.577. The largest absolute Gasteiger partial charge is 0.354 e. The number of carbonyl (C=O) groups is 3. The van der Waals surface area contributed by atoms with Crippen molar-refractivity contribution >= 4 is 17.6 Å². The maximum Gasteiger partial charge on any atom is 0.251 e. The standard InChI is InChI=1S/C19H20N2O3/c22-17(15-7-3-1-4-8-15)11-12-18(23)20-13-14-21-19(24)16-9-5-2-6-10-16/h1-10H,11-14H2,(H,20,23)(H,21,24). The minimum atomic E-state index is -0.201.